The average molecular weight is 195 g/mol. The van der Waals surface area contributed by atoms with Crippen molar-refractivity contribution in [1.29, 1.82) is 0 Å². The number of carboxylic acids is 1. The summed E-state index contributed by atoms with van der Waals surface area (Å²) in [5.41, 5.74) is 1.44. The van der Waals surface area contributed by atoms with E-state index in [2.05, 4.69) is 5.16 Å². The molecule has 2 rings (SSSR count). The Morgan fingerprint density at radius 2 is 2.50 bits per heavy atom. The largest absolute Gasteiger partial charge is 0.478 e. The molecule has 2 heterocycles. The van der Waals surface area contributed by atoms with Crippen molar-refractivity contribution in [3.05, 3.63) is 23.7 Å². The third-order valence-corrected chi connectivity index (χ3v) is 2.11. The van der Waals surface area contributed by atoms with E-state index >= 15 is 0 Å². The predicted molar refractivity (Wildman–Crippen MR) is 47.1 cm³/mol. The molecular formula is C9H9NO4. The third-order valence-electron chi connectivity index (χ3n) is 2.11. The van der Waals surface area contributed by atoms with Crippen LogP contribution in [0, 0.1) is 6.92 Å². The molecule has 0 fully saturated rings. The van der Waals surface area contributed by atoms with Gasteiger partial charge in [-0.2, -0.15) is 0 Å². The van der Waals surface area contributed by atoms with Crippen LogP contribution in [-0.4, -0.2) is 22.9 Å². The first-order valence-electron chi connectivity index (χ1n) is 4.18. The van der Waals surface area contributed by atoms with Crippen LogP contribution in [0.5, 0.6) is 0 Å². The molecule has 1 N–H and O–H groups in total. The Hall–Kier alpha value is -1.78. The van der Waals surface area contributed by atoms with Crippen LogP contribution < -0.4 is 0 Å². The summed E-state index contributed by atoms with van der Waals surface area (Å²) < 4.78 is 5.09. The van der Waals surface area contributed by atoms with Gasteiger partial charge >= 0.3 is 5.97 Å². The van der Waals surface area contributed by atoms with Gasteiger partial charge in [0, 0.05) is 12.0 Å². The van der Waals surface area contributed by atoms with Crippen molar-refractivity contribution in [3.8, 4) is 0 Å². The number of rotatable bonds is 2. The SMILES string of the molecule is Cc1occc1C1=NOC(C(=O)O)C1. The molecule has 1 aliphatic heterocycles. The second-order valence-electron chi connectivity index (χ2n) is 3.06. The lowest BCUT2D eigenvalue weighted by Gasteiger charge is -1.99. The highest BCUT2D eigenvalue weighted by Gasteiger charge is 2.29. The van der Waals surface area contributed by atoms with Crippen LogP contribution >= 0.6 is 0 Å². The summed E-state index contributed by atoms with van der Waals surface area (Å²) in [6.45, 7) is 1.80. The molecule has 0 radical (unpaired) electrons. The van der Waals surface area contributed by atoms with Crippen LogP contribution in [-0.2, 0) is 9.63 Å². The smallest absolute Gasteiger partial charge is 0.348 e. The van der Waals surface area contributed by atoms with E-state index in [-0.39, 0.29) is 6.42 Å². The Balaban J connectivity index is 2.17. The van der Waals surface area contributed by atoms with Crippen LogP contribution in [0.2, 0.25) is 0 Å². The quantitative estimate of drug-likeness (QED) is 0.768. The van der Waals surface area contributed by atoms with Gasteiger partial charge in [-0.3, -0.25) is 0 Å². The van der Waals surface area contributed by atoms with E-state index in [9.17, 15) is 4.79 Å². The van der Waals surface area contributed by atoms with E-state index in [1.165, 1.54) is 0 Å². The van der Waals surface area contributed by atoms with Crippen LogP contribution in [0.25, 0.3) is 0 Å². The second-order valence-corrected chi connectivity index (χ2v) is 3.06. The summed E-state index contributed by atoms with van der Waals surface area (Å²) in [7, 11) is 0. The minimum absolute atomic E-state index is 0.287. The molecule has 0 bridgehead atoms. The standard InChI is InChI=1S/C9H9NO4/c1-5-6(2-3-13-5)7-4-8(9(11)12)14-10-7/h2-3,8H,4H2,1H3,(H,11,12). The van der Waals surface area contributed by atoms with Crippen molar-refractivity contribution < 1.29 is 19.2 Å². The molecule has 0 amide bonds. The summed E-state index contributed by atoms with van der Waals surface area (Å²) in [5.74, 6) is -0.275. The summed E-state index contributed by atoms with van der Waals surface area (Å²) in [6.07, 6.45) is 0.969. The van der Waals surface area contributed by atoms with Gasteiger partial charge in [-0.25, -0.2) is 4.79 Å². The fourth-order valence-corrected chi connectivity index (χ4v) is 1.35. The fraction of sp³-hybridized carbons (Fsp3) is 0.333. The Morgan fingerprint density at radius 1 is 1.71 bits per heavy atom. The van der Waals surface area contributed by atoms with Gasteiger partial charge in [-0.05, 0) is 13.0 Å². The van der Waals surface area contributed by atoms with Gasteiger partial charge in [0.15, 0.2) is 0 Å². The first-order valence-corrected chi connectivity index (χ1v) is 4.18. The highest BCUT2D eigenvalue weighted by Crippen LogP contribution is 2.19. The normalized spacial score (nSPS) is 20.4. The molecule has 1 unspecified atom stereocenters. The minimum atomic E-state index is -0.995. The van der Waals surface area contributed by atoms with Crippen LogP contribution in [0.1, 0.15) is 17.7 Å². The zero-order valence-corrected chi connectivity index (χ0v) is 7.56. The minimum Gasteiger partial charge on any atom is -0.478 e. The molecule has 0 saturated heterocycles. The average Bonchev–Trinajstić information content (AvgIpc) is 2.71. The number of carbonyl (C=O) groups is 1. The number of aryl methyl sites for hydroxylation is 1. The van der Waals surface area contributed by atoms with Gasteiger partial charge in [-0.1, -0.05) is 5.16 Å². The summed E-state index contributed by atoms with van der Waals surface area (Å²) in [5, 5.41) is 12.4. The zero-order chi connectivity index (χ0) is 10.1. The molecule has 5 heteroatoms. The molecule has 0 spiro atoms. The Kier molecular flexibility index (Phi) is 1.99. The Bertz CT molecular complexity index is 393. The maximum Gasteiger partial charge on any atom is 0.348 e. The van der Waals surface area contributed by atoms with Gasteiger partial charge in [0.2, 0.25) is 6.10 Å². The number of nitrogens with zero attached hydrogens (tertiary/aromatic N) is 1. The number of oxime groups is 1. The highest BCUT2D eigenvalue weighted by atomic mass is 16.7. The summed E-state index contributed by atoms with van der Waals surface area (Å²) in [6, 6.07) is 1.75. The number of hydrogen-bond donors (Lipinski definition) is 1. The molecule has 5 nitrogen and oxygen atoms in total. The number of furan rings is 1. The van der Waals surface area contributed by atoms with Crippen molar-refractivity contribution in [1.82, 2.24) is 0 Å². The van der Waals surface area contributed by atoms with Crippen molar-refractivity contribution >= 4 is 11.7 Å². The van der Waals surface area contributed by atoms with Gasteiger partial charge in [0.1, 0.15) is 5.76 Å². The lowest BCUT2D eigenvalue weighted by atomic mass is 10.1. The first kappa shape index (κ1) is 8.80. The summed E-state index contributed by atoms with van der Waals surface area (Å²) >= 11 is 0. The number of carboxylic acid groups (broad SMARTS) is 1. The zero-order valence-electron chi connectivity index (χ0n) is 7.56. The van der Waals surface area contributed by atoms with E-state index in [0.717, 1.165) is 11.3 Å². The molecule has 1 aromatic rings. The van der Waals surface area contributed by atoms with Gasteiger partial charge in [-0.15, -0.1) is 0 Å². The van der Waals surface area contributed by atoms with Crippen molar-refractivity contribution in [2.24, 2.45) is 5.16 Å². The molecule has 0 aromatic carbocycles. The maximum absolute atomic E-state index is 10.6. The molecule has 1 aromatic heterocycles. The van der Waals surface area contributed by atoms with Gasteiger partial charge in [0.25, 0.3) is 0 Å². The first-order chi connectivity index (χ1) is 6.68. The van der Waals surface area contributed by atoms with E-state index < -0.39 is 12.1 Å². The van der Waals surface area contributed by atoms with Crippen molar-refractivity contribution in [2.45, 2.75) is 19.4 Å². The molecular weight excluding hydrogens is 186 g/mol. The van der Waals surface area contributed by atoms with E-state index in [4.69, 9.17) is 14.4 Å². The van der Waals surface area contributed by atoms with Gasteiger partial charge < -0.3 is 14.4 Å². The lowest BCUT2D eigenvalue weighted by molar-refractivity contribution is -0.148. The number of hydrogen-bond acceptors (Lipinski definition) is 4. The Morgan fingerprint density at radius 3 is 3.00 bits per heavy atom. The molecule has 0 aliphatic carbocycles. The lowest BCUT2D eigenvalue weighted by Crippen LogP contribution is -2.19. The molecule has 14 heavy (non-hydrogen) atoms. The van der Waals surface area contributed by atoms with Crippen LogP contribution in [0.3, 0.4) is 0 Å². The Labute approximate surface area is 80.0 Å². The predicted octanol–water partition coefficient (Wildman–Crippen LogP) is 1.17. The second kappa shape index (κ2) is 3.17. The van der Waals surface area contributed by atoms with E-state index in [0.29, 0.717) is 5.71 Å². The molecule has 0 saturated carbocycles. The molecule has 1 atom stereocenters. The maximum atomic E-state index is 10.6. The molecule has 1 aliphatic rings. The van der Waals surface area contributed by atoms with E-state index in [1.54, 1.807) is 19.3 Å². The molecule has 74 valence electrons. The third kappa shape index (κ3) is 1.37. The van der Waals surface area contributed by atoms with Gasteiger partial charge in [0.05, 0.1) is 12.0 Å². The number of aliphatic carboxylic acids is 1. The topological polar surface area (TPSA) is 72.0 Å². The van der Waals surface area contributed by atoms with Crippen LogP contribution in [0.4, 0.5) is 0 Å². The van der Waals surface area contributed by atoms with Crippen molar-refractivity contribution in [3.63, 3.8) is 0 Å². The summed E-state index contributed by atoms with van der Waals surface area (Å²) in [4.78, 5) is 15.3. The fourth-order valence-electron chi connectivity index (χ4n) is 1.35. The van der Waals surface area contributed by atoms with Crippen LogP contribution in [0.15, 0.2) is 21.9 Å². The highest BCUT2D eigenvalue weighted by molar-refractivity contribution is 6.04. The monoisotopic (exact) mass is 195 g/mol. The van der Waals surface area contributed by atoms with Crippen molar-refractivity contribution in [2.75, 3.05) is 0 Å². The van der Waals surface area contributed by atoms with E-state index in [1.807, 2.05) is 0 Å².